The largest absolute Gasteiger partial charge is 0.492 e. The summed E-state index contributed by atoms with van der Waals surface area (Å²) in [6, 6.07) is 9.33. The second kappa shape index (κ2) is 4.85. The smallest absolute Gasteiger partial charge is 0.236 e. The van der Waals surface area contributed by atoms with Crippen LogP contribution >= 0.6 is 0 Å². The minimum absolute atomic E-state index is 0.119. The average Bonchev–Trinajstić information content (AvgIpc) is 2.87. The van der Waals surface area contributed by atoms with Crippen molar-refractivity contribution in [2.75, 3.05) is 17.7 Å². The van der Waals surface area contributed by atoms with Crippen LogP contribution in [-0.2, 0) is 4.79 Å². The van der Waals surface area contributed by atoms with E-state index >= 15 is 0 Å². The molecule has 1 amide bonds. The number of nitrogens with one attached hydrogen (secondary N) is 1. The Kier molecular flexibility index (Phi) is 3.02. The zero-order valence-electron chi connectivity index (χ0n) is 11.1. The molecule has 0 spiro atoms. The summed E-state index contributed by atoms with van der Waals surface area (Å²) in [5, 5.41) is 2.81. The molecular formula is C15H15N3O2. The first kappa shape index (κ1) is 12.5. The number of para-hydroxylation sites is 1. The maximum atomic E-state index is 12.3. The number of benzene rings is 1. The molecule has 1 aromatic carbocycles. The summed E-state index contributed by atoms with van der Waals surface area (Å²) < 4.78 is 5.51. The molecule has 5 nitrogen and oxygen atoms in total. The van der Waals surface area contributed by atoms with Gasteiger partial charge in [-0.2, -0.15) is 0 Å². The van der Waals surface area contributed by atoms with Gasteiger partial charge in [0.15, 0.2) is 0 Å². The highest BCUT2D eigenvalue weighted by Gasteiger charge is 2.30. The van der Waals surface area contributed by atoms with Crippen LogP contribution in [0.1, 0.15) is 17.0 Å². The number of nitrogens with zero attached hydrogens (tertiary/aromatic N) is 1. The van der Waals surface area contributed by atoms with Gasteiger partial charge in [0.1, 0.15) is 24.1 Å². The standard InChI is InChI=1S/C15H15N3O2/c1-9-6-14(17-7-12(9)16)18-15(19)11-8-20-13-5-3-2-4-10(11)13/h2-7,11H,8,16H2,1H3,(H,17,18,19). The van der Waals surface area contributed by atoms with Crippen LogP contribution in [0.2, 0.25) is 0 Å². The SMILES string of the molecule is Cc1cc(NC(=O)C2COc3ccccc32)ncc1N. The van der Waals surface area contributed by atoms with Crippen molar-refractivity contribution >= 4 is 17.4 Å². The van der Waals surface area contributed by atoms with Gasteiger partial charge in [0, 0.05) is 5.56 Å². The van der Waals surface area contributed by atoms with E-state index in [1.54, 1.807) is 12.3 Å². The fraction of sp³-hybridized carbons (Fsp3) is 0.200. The molecule has 1 atom stereocenters. The van der Waals surface area contributed by atoms with Crippen LogP contribution in [0.5, 0.6) is 5.75 Å². The van der Waals surface area contributed by atoms with Crippen molar-refractivity contribution in [2.24, 2.45) is 0 Å². The Hall–Kier alpha value is -2.56. The molecule has 2 heterocycles. The van der Waals surface area contributed by atoms with Crippen molar-refractivity contribution in [1.29, 1.82) is 0 Å². The van der Waals surface area contributed by atoms with Gasteiger partial charge in [0.2, 0.25) is 5.91 Å². The van der Waals surface area contributed by atoms with Crippen molar-refractivity contribution < 1.29 is 9.53 Å². The topological polar surface area (TPSA) is 77.2 Å². The third kappa shape index (κ3) is 2.18. The molecule has 0 saturated heterocycles. The number of pyridine rings is 1. The number of ether oxygens (including phenoxy) is 1. The van der Waals surface area contributed by atoms with Gasteiger partial charge in [-0.15, -0.1) is 0 Å². The van der Waals surface area contributed by atoms with E-state index in [1.165, 1.54) is 0 Å². The number of aromatic nitrogens is 1. The van der Waals surface area contributed by atoms with Crippen LogP contribution in [0.3, 0.4) is 0 Å². The Labute approximate surface area is 116 Å². The highest BCUT2D eigenvalue weighted by atomic mass is 16.5. The lowest BCUT2D eigenvalue weighted by Crippen LogP contribution is -2.22. The summed E-state index contributed by atoms with van der Waals surface area (Å²) in [5.41, 5.74) is 8.12. The number of anilines is 2. The first-order valence-electron chi connectivity index (χ1n) is 6.40. The molecule has 5 heteroatoms. The van der Waals surface area contributed by atoms with Gasteiger partial charge in [0.25, 0.3) is 0 Å². The third-order valence-corrected chi connectivity index (χ3v) is 3.42. The number of nitrogens with two attached hydrogens (primary N) is 1. The second-order valence-electron chi connectivity index (χ2n) is 4.82. The van der Waals surface area contributed by atoms with E-state index in [0.29, 0.717) is 18.1 Å². The summed E-state index contributed by atoms with van der Waals surface area (Å²) in [4.78, 5) is 16.4. The van der Waals surface area contributed by atoms with Gasteiger partial charge < -0.3 is 15.8 Å². The van der Waals surface area contributed by atoms with E-state index in [-0.39, 0.29) is 11.8 Å². The zero-order chi connectivity index (χ0) is 14.1. The van der Waals surface area contributed by atoms with Crippen molar-refractivity contribution in [3.05, 3.63) is 47.7 Å². The van der Waals surface area contributed by atoms with Crippen LogP contribution < -0.4 is 15.8 Å². The number of aryl methyl sites for hydroxylation is 1. The van der Waals surface area contributed by atoms with E-state index in [2.05, 4.69) is 10.3 Å². The number of carbonyl (C=O) groups excluding carboxylic acids is 1. The van der Waals surface area contributed by atoms with E-state index in [9.17, 15) is 4.79 Å². The summed E-state index contributed by atoms with van der Waals surface area (Å²) in [7, 11) is 0. The van der Waals surface area contributed by atoms with E-state index < -0.39 is 0 Å². The molecule has 0 aliphatic carbocycles. The maximum Gasteiger partial charge on any atom is 0.236 e. The van der Waals surface area contributed by atoms with Gasteiger partial charge in [0.05, 0.1) is 11.9 Å². The Morgan fingerprint density at radius 3 is 3.05 bits per heavy atom. The molecule has 3 rings (SSSR count). The number of carbonyl (C=O) groups is 1. The maximum absolute atomic E-state index is 12.3. The van der Waals surface area contributed by atoms with Crippen LogP contribution in [0.25, 0.3) is 0 Å². The molecule has 102 valence electrons. The number of hydrogen-bond acceptors (Lipinski definition) is 4. The average molecular weight is 269 g/mol. The van der Waals surface area contributed by atoms with Gasteiger partial charge in [-0.25, -0.2) is 4.98 Å². The highest BCUT2D eigenvalue weighted by Crippen LogP contribution is 2.34. The fourth-order valence-electron chi connectivity index (χ4n) is 2.23. The van der Waals surface area contributed by atoms with E-state index in [0.717, 1.165) is 16.9 Å². The van der Waals surface area contributed by atoms with Crippen molar-refractivity contribution in [1.82, 2.24) is 4.98 Å². The molecule has 1 aliphatic rings. The first-order chi connectivity index (χ1) is 9.65. The summed E-state index contributed by atoms with van der Waals surface area (Å²) in [6.07, 6.45) is 1.55. The highest BCUT2D eigenvalue weighted by molar-refractivity contribution is 5.96. The Morgan fingerprint density at radius 2 is 2.25 bits per heavy atom. The fourth-order valence-corrected chi connectivity index (χ4v) is 2.23. The molecule has 3 N–H and O–H groups in total. The molecule has 1 unspecified atom stereocenters. The van der Waals surface area contributed by atoms with Crippen LogP contribution in [0, 0.1) is 6.92 Å². The third-order valence-electron chi connectivity index (χ3n) is 3.42. The van der Waals surface area contributed by atoms with Crippen molar-refractivity contribution in [3.8, 4) is 5.75 Å². The molecule has 20 heavy (non-hydrogen) atoms. The van der Waals surface area contributed by atoms with Crippen molar-refractivity contribution in [3.63, 3.8) is 0 Å². The Morgan fingerprint density at radius 1 is 1.45 bits per heavy atom. The van der Waals surface area contributed by atoms with E-state index in [1.807, 2.05) is 31.2 Å². The quantitative estimate of drug-likeness (QED) is 0.875. The lowest BCUT2D eigenvalue weighted by molar-refractivity contribution is -0.117. The molecule has 0 bridgehead atoms. The Bertz CT molecular complexity index is 670. The molecule has 1 aliphatic heterocycles. The minimum atomic E-state index is -0.300. The molecular weight excluding hydrogens is 254 g/mol. The van der Waals surface area contributed by atoms with Gasteiger partial charge in [-0.3, -0.25) is 4.79 Å². The normalized spacial score (nSPS) is 16.4. The molecule has 0 fully saturated rings. The van der Waals surface area contributed by atoms with Crippen molar-refractivity contribution in [2.45, 2.75) is 12.8 Å². The molecule has 2 aromatic rings. The molecule has 0 saturated carbocycles. The monoisotopic (exact) mass is 269 g/mol. The summed E-state index contributed by atoms with van der Waals surface area (Å²) in [5.74, 6) is 0.859. The number of hydrogen-bond donors (Lipinski definition) is 2. The molecule has 0 radical (unpaired) electrons. The van der Waals surface area contributed by atoms with Gasteiger partial charge in [-0.1, -0.05) is 18.2 Å². The van der Waals surface area contributed by atoms with Gasteiger partial charge >= 0.3 is 0 Å². The lowest BCUT2D eigenvalue weighted by atomic mass is 10.0. The minimum Gasteiger partial charge on any atom is -0.492 e. The number of amides is 1. The van der Waals surface area contributed by atoms with Crippen LogP contribution in [0.15, 0.2) is 36.5 Å². The first-order valence-corrected chi connectivity index (χ1v) is 6.40. The predicted octanol–water partition coefficient (Wildman–Crippen LogP) is 2.09. The lowest BCUT2D eigenvalue weighted by Gasteiger charge is -2.10. The number of nitrogen functional groups attached to an aromatic ring is 1. The Balaban J connectivity index is 1.79. The number of fused-ring (bicyclic) bond motifs is 1. The van der Waals surface area contributed by atoms with E-state index in [4.69, 9.17) is 10.5 Å². The molecule has 1 aromatic heterocycles. The summed E-state index contributed by atoms with van der Waals surface area (Å²) >= 11 is 0. The van der Waals surface area contributed by atoms with Crippen LogP contribution in [-0.4, -0.2) is 17.5 Å². The zero-order valence-corrected chi connectivity index (χ0v) is 11.1. The number of rotatable bonds is 2. The predicted molar refractivity (Wildman–Crippen MR) is 76.7 cm³/mol. The second-order valence-corrected chi connectivity index (χ2v) is 4.82. The summed E-state index contributed by atoms with van der Waals surface area (Å²) in [6.45, 7) is 2.24. The van der Waals surface area contributed by atoms with Gasteiger partial charge in [-0.05, 0) is 24.6 Å². The van der Waals surface area contributed by atoms with Crippen LogP contribution in [0.4, 0.5) is 11.5 Å².